The molecule has 0 spiro atoms. The fourth-order valence-corrected chi connectivity index (χ4v) is 4.50. The monoisotopic (exact) mass is 419 g/mol. The van der Waals surface area contributed by atoms with E-state index in [1.165, 1.54) is 30.7 Å². The van der Waals surface area contributed by atoms with E-state index in [4.69, 9.17) is 15.9 Å². The van der Waals surface area contributed by atoms with E-state index in [1.807, 2.05) is 0 Å². The van der Waals surface area contributed by atoms with Crippen LogP contribution < -0.4 is 15.2 Å². The quantitative estimate of drug-likeness (QED) is 0.592. The van der Waals surface area contributed by atoms with Crippen LogP contribution in [-0.4, -0.2) is 30.7 Å². The summed E-state index contributed by atoms with van der Waals surface area (Å²) in [4.78, 5) is 7.00. The molecule has 0 amide bonds. The van der Waals surface area contributed by atoms with Crippen LogP contribution in [0.5, 0.6) is 5.75 Å². The van der Waals surface area contributed by atoms with Crippen molar-refractivity contribution in [2.45, 2.75) is 37.2 Å². The number of anilines is 1. The number of aryl methyl sites for hydroxylation is 1. The van der Waals surface area contributed by atoms with Crippen LogP contribution in [0.1, 0.15) is 24.8 Å². The lowest BCUT2D eigenvalue weighted by atomic mass is 10.0. The number of rotatable bonds is 7. The Morgan fingerprint density at radius 2 is 2.21 bits per heavy atom. The summed E-state index contributed by atoms with van der Waals surface area (Å²) in [5.41, 5.74) is 7.04. The van der Waals surface area contributed by atoms with Gasteiger partial charge in [0.25, 0.3) is 10.0 Å². The van der Waals surface area contributed by atoms with Crippen molar-refractivity contribution in [3.8, 4) is 5.75 Å². The minimum atomic E-state index is -4.17. The number of ether oxygens (including phenoxy) is 1. The second-order valence-electron chi connectivity index (χ2n) is 6.78. The Morgan fingerprint density at radius 3 is 2.90 bits per heavy atom. The number of halogens is 1. The molecule has 0 aliphatic heterocycles. The van der Waals surface area contributed by atoms with Crippen LogP contribution in [0, 0.1) is 24.1 Å². The first-order valence-electron chi connectivity index (χ1n) is 9.03. The first-order chi connectivity index (χ1) is 13.8. The third-order valence-corrected chi connectivity index (χ3v) is 6.14. The Labute approximate surface area is 168 Å². The van der Waals surface area contributed by atoms with Crippen molar-refractivity contribution in [1.82, 2.24) is 9.97 Å². The van der Waals surface area contributed by atoms with Crippen molar-refractivity contribution in [3.63, 3.8) is 0 Å². The lowest BCUT2D eigenvalue weighted by molar-refractivity contribution is 0.172. The van der Waals surface area contributed by atoms with Gasteiger partial charge in [-0.25, -0.2) is 22.8 Å². The van der Waals surface area contributed by atoms with Crippen molar-refractivity contribution in [2.24, 2.45) is 11.7 Å². The van der Waals surface area contributed by atoms with Gasteiger partial charge in [-0.2, -0.15) is 0 Å². The molecule has 29 heavy (non-hydrogen) atoms. The van der Waals surface area contributed by atoms with Gasteiger partial charge in [-0.3, -0.25) is 4.72 Å². The predicted octanol–water partition coefficient (Wildman–Crippen LogP) is 2.76. The molecule has 10 heteroatoms. The molecule has 3 rings (SSSR count). The molecule has 1 heterocycles. The third-order valence-electron chi connectivity index (χ3n) is 4.77. The highest BCUT2D eigenvalue weighted by Crippen LogP contribution is 2.35. The van der Waals surface area contributed by atoms with E-state index in [1.54, 1.807) is 6.92 Å². The Balaban J connectivity index is 1.84. The van der Waals surface area contributed by atoms with Crippen LogP contribution in [0.4, 0.5) is 10.2 Å². The summed E-state index contributed by atoms with van der Waals surface area (Å²) >= 11 is 0. The van der Waals surface area contributed by atoms with Crippen molar-refractivity contribution >= 4 is 22.1 Å². The molecule has 4 N–H and O–H groups in total. The van der Waals surface area contributed by atoms with Crippen molar-refractivity contribution in [1.29, 1.82) is 5.41 Å². The van der Waals surface area contributed by atoms with E-state index < -0.39 is 20.7 Å². The van der Waals surface area contributed by atoms with E-state index >= 15 is 0 Å². The van der Waals surface area contributed by atoms with E-state index in [0.29, 0.717) is 11.3 Å². The predicted molar refractivity (Wildman–Crippen MR) is 107 cm³/mol. The van der Waals surface area contributed by atoms with Gasteiger partial charge in [0.15, 0.2) is 0 Å². The number of hydrogen-bond donors (Lipinski definition) is 3. The zero-order chi connectivity index (χ0) is 21.0. The van der Waals surface area contributed by atoms with Gasteiger partial charge in [0.2, 0.25) is 0 Å². The van der Waals surface area contributed by atoms with E-state index in [-0.39, 0.29) is 23.6 Å². The molecule has 2 atom stereocenters. The van der Waals surface area contributed by atoms with Crippen molar-refractivity contribution < 1.29 is 17.5 Å². The van der Waals surface area contributed by atoms with E-state index in [2.05, 4.69) is 14.7 Å². The van der Waals surface area contributed by atoms with Gasteiger partial charge >= 0.3 is 0 Å². The van der Waals surface area contributed by atoms with Crippen LogP contribution >= 0.6 is 0 Å². The van der Waals surface area contributed by atoms with Gasteiger partial charge in [0.05, 0.1) is 0 Å². The van der Waals surface area contributed by atoms with Crippen LogP contribution in [0.2, 0.25) is 0 Å². The Bertz CT molecular complexity index is 1030. The fraction of sp³-hybridized carbons (Fsp3) is 0.316. The number of nitrogens with zero attached hydrogens (tertiary/aromatic N) is 2. The third kappa shape index (κ3) is 4.70. The molecule has 0 bridgehead atoms. The number of aromatic nitrogens is 2. The highest BCUT2D eigenvalue weighted by Gasteiger charge is 2.32. The number of nitrogens with two attached hydrogens (primary N) is 1. The molecular formula is C19H22FN5O3S. The fourth-order valence-electron chi connectivity index (χ4n) is 3.34. The SMILES string of the molecule is Cc1cc(S(=O)(=O)Nc2ccncn2)c(F)cc1O[C@H]1CCC[C@@H]1/C(N)=C/C=N. The molecule has 8 nitrogen and oxygen atoms in total. The molecule has 1 saturated carbocycles. The average molecular weight is 419 g/mol. The lowest BCUT2D eigenvalue weighted by Gasteiger charge is -2.23. The molecule has 1 aromatic heterocycles. The Kier molecular flexibility index (Phi) is 6.12. The highest BCUT2D eigenvalue weighted by molar-refractivity contribution is 7.92. The lowest BCUT2D eigenvalue weighted by Crippen LogP contribution is -2.26. The first kappa shape index (κ1) is 20.7. The maximum Gasteiger partial charge on any atom is 0.265 e. The smallest absolute Gasteiger partial charge is 0.265 e. The molecule has 0 radical (unpaired) electrons. The van der Waals surface area contributed by atoms with Gasteiger partial charge in [0, 0.05) is 30.1 Å². The standard InChI is InChI=1S/C19H22FN5O3S/c1-12-9-18(29(26,27)25-19-6-8-23-11-24-19)14(20)10-17(12)28-16-4-2-3-13(16)15(22)5-7-21/h5-11,13,16,21H,2-4,22H2,1H3,(H,23,24,25)/b15-5-,21-7?/t13-,16+/m1/s1. The summed E-state index contributed by atoms with van der Waals surface area (Å²) < 4.78 is 48.0. The normalized spacial score (nSPS) is 19.7. The first-order valence-corrected chi connectivity index (χ1v) is 10.5. The summed E-state index contributed by atoms with van der Waals surface area (Å²) in [6, 6.07) is 3.68. The van der Waals surface area contributed by atoms with Gasteiger partial charge in [-0.1, -0.05) is 0 Å². The molecule has 0 unspecified atom stereocenters. The maximum absolute atomic E-state index is 14.7. The topological polar surface area (TPSA) is 131 Å². The summed E-state index contributed by atoms with van der Waals surface area (Å²) in [6.45, 7) is 1.65. The molecule has 1 aliphatic rings. The minimum Gasteiger partial charge on any atom is -0.489 e. The Morgan fingerprint density at radius 1 is 1.41 bits per heavy atom. The van der Waals surface area contributed by atoms with Crippen LogP contribution in [0.15, 0.2) is 47.4 Å². The van der Waals surface area contributed by atoms with Gasteiger partial charge in [0.1, 0.15) is 34.7 Å². The Hall–Kier alpha value is -3.01. The number of nitrogens with one attached hydrogen (secondary N) is 2. The molecule has 1 aromatic carbocycles. The maximum atomic E-state index is 14.7. The molecule has 1 aliphatic carbocycles. The van der Waals surface area contributed by atoms with Crippen molar-refractivity contribution in [3.05, 3.63) is 53.9 Å². The summed E-state index contributed by atoms with van der Waals surface area (Å²) in [6.07, 6.45) is 7.41. The van der Waals surface area contributed by atoms with Crippen LogP contribution in [-0.2, 0) is 10.0 Å². The second kappa shape index (κ2) is 8.56. The minimum absolute atomic E-state index is 0.0413. The summed E-state index contributed by atoms with van der Waals surface area (Å²) in [5, 5.41) is 7.17. The van der Waals surface area contributed by atoms with Crippen LogP contribution in [0.25, 0.3) is 0 Å². The number of sulfonamides is 1. The number of hydrogen-bond acceptors (Lipinski definition) is 7. The zero-order valence-corrected chi connectivity index (χ0v) is 16.6. The molecule has 1 fully saturated rings. The average Bonchev–Trinajstić information content (AvgIpc) is 3.13. The van der Waals surface area contributed by atoms with Crippen LogP contribution in [0.3, 0.4) is 0 Å². The number of allylic oxidation sites excluding steroid dienone is 1. The summed E-state index contributed by atoms with van der Waals surface area (Å²) in [5.74, 6) is -0.686. The van der Waals surface area contributed by atoms with E-state index in [0.717, 1.165) is 31.5 Å². The van der Waals surface area contributed by atoms with Gasteiger partial charge < -0.3 is 15.9 Å². The van der Waals surface area contributed by atoms with E-state index in [9.17, 15) is 12.8 Å². The van der Waals surface area contributed by atoms with Gasteiger partial charge in [-0.05, 0) is 50.0 Å². The second-order valence-corrected chi connectivity index (χ2v) is 8.43. The van der Waals surface area contributed by atoms with Crippen molar-refractivity contribution in [2.75, 3.05) is 4.72 Å². The zero-order valence-electron chi connectivity index (χ0n) is 15.8. The molecule has 2 aromatic rings. The highest BCUT2D eigenvalue weighted by atomic mass is 32.2. The largest absolute Gasteiger partial charge is 0.489 e. The van der Waals surface area contributed by atoms with Gasteiger partial charge in [-0.15, -0.1) is 0 Å². The molecule has 154 valence electrons. The summed E-state index contributed by atoms with van der Waals surface area (Å²) in [7, 11) is -4.17. The molecular weight excluding hydrogens is 397 g/mol. The molecule has 0 saturated heterocycles. The number of benzene rings is 1.